The number of carbonyl (C=O) groups is 1. The van der Waals surface area contributed by atoms with Crippen LogP contribution in [0, 0.1) is 17.6 Å². The highest BCUT2D eigenvalue weighted by molar-refractivity contribution is 5.91. The lowest BCUT2D eigenvalue weighted by Gasteiger charge is -2.09. The van der Waals surface area contributed by atoms with Crippen LogP contribution in [-0.4, -0.2) is 24.1 Å². The number of amides is 1. The monoisotopic (exact) mass is 320 g/mol. The molecule has 1 N–H and O–H groups in total. The zero-order valence-corrected chi connectivity index (χ0v) is 12.1. The second-order valence-corrected chi connectivity index (χ2v) is 5.11. The van der Waals surface area contributed by atoms with Gasteiger partial charge in [-0.2, -0.15) is 0 Å². The lowest BCUT2D eigenvalue weighted by Crippen LogP contribution is -2.23. The van der Waals surface area contributed by atoms with Crippen molar-refractivity contribution in [1.29, 1.82) is 0 Å². The van der Waals surface area contributed by atoms with Crippen LogP contribution in [0.3, 0.4) is 0 Å². The van der Waals surface area contributed by atoms with Crippen molar-refractivity contribution < 1.29 is 23.0 Å². The number of carbonyl (C=O) groups excluding carboxylic acids is 1. The maximum Gasteiger partial charge on any atom is 0.231 e. The van der Waals surface area contributed by atoms with Crippen LogP contribution in [0.15, 0.2) is 36.5 Å². The minimum atomic E-state index is -0.988. The first-order valence-corrected chi connectivity index (χ1v) is 7.09. The molecule has 23 heavy (non-hydrogen) atoms. The summed E-state index contributed by atoms with van der Waals surface area (Å²) < 4.78 is 36.5. The molecule has 1 aromatic heterocycles. The molecule has 1 amide bonds. The van der Waals surface area contributed by atoms with Crippen LogP contribution >= 0.6 is 0 Å². The zero-order chi connectivity index (χ0) is 16.2. The summed E-state index contributed by atoms with van der Waals surface area (Å²) in [5.41, 5.74) is 0. The third-order valence-electron chi connectivity index (χ3n) is 3.41. The van der Waals surface area contributed by atoms with Gasteiger partial charge in [-0.15, -0.1) is 0 Å². The molecule has 7 heteroatoms. The average molecular weight is 320 g/mol. The molecule has 0 saturated carbocycles. The van der Waals surface area contributed by atoms with Gasteiger partial charge in [0.1, 0.15) is 17.3 Å². The Kier molecular flexibility index (Phi) is 4.47. The molecule has 2 heterocycles. The fourth-order valence-electron chi connectivity index (χ4n) is 2.16. The molecule has 1 unspecified atom stereocenters. The second kappa shape index (κ2) is 6.70. The van der Waals surface area contributed by atoms with Crippen molar-refractivity contribution in [3.05, 3.63) is 48.2 Å². The van der Waals surface area contributed by atoms with Crippen LogP contribution in [0.5, 0.6) is 11.5 Å². The molecule has 3 rings (SSSR count). The summed E-state index contributed by atoms with van der Waals surface area (Å²) >= 11 is 0. The Balaban J connectivity index is 1.62. The van der Waals surface area contributed by atoms with Crippen molar-refractivity contribution in [3.8, 4) is 11.5 Å². The van der Waals surface area contributed by atoms with Crippen molar-refractivity contribution in [2.24, 2.45) is 5.92 Å². The molecular formula is C16H14F2N2O3. The van der Waals surface area contributed by atoms with Gasteiger partial charge in [-0.3, -0.25) is 4.79 Å². The number of nitrogens with one attached hydrogen (secondary N) is 1. The van der Waals surface area contributed by atoms with Crippen molar-refractivity contribution in [2.75, 3.05) is 18.5 Å². The standard InChI is InChI=1S/C16H14F2N2O3/c17-13-3-1-11(7-14(13)18)23-12-2-4-15(19-8-12)20-16(21)10-5-6-22-9-10/h1-4,7-8,10H,5-6,9H2,(H,19,20,21). The summed E-state index contributed by atoms with van der Waals surface area (Å²) in [4.78, 5) is 16.0. The van der Waals surface area contributed by atoms with Crippen molar-refractivity contribution in [2.45, 2.75) is 6.42 Å². The van der Waals surface area contributed by atoms with Crippen LogP contribution in [-0.2, 0) is 9.53 Å². The first-order valence-electron chi connectivity index (χ1n) is 7.09. The summed E-state index contributed by atoms with van der Waals surface area (Å²) in [7, 11) is 0. The minimum absolute atomic E-state index is 0.135. The third-order valence-corrected chi connectivity index (χ3v) is 3.41. The van der Waals surface area contributed by atoms with Crippen LogP contribution < -0.4 is 10.1 Å². The highest BCUT2D eigenvalue weighted by atomic mass is 19.2. The van der Waals surface area contributed by atoms with Crippen LogP contribution in [0.2, 0.25) is 0 Å². The van der Waals surface area contributed by atoms with E-state index in [1.165, 1.54) is 12.3 Å². The molecule has 2 aromatic rings. The first-order chi connectivity index (χ1) is 11.1. The Hall–Kier alpha value is -2.54. The highest BCUT2D eigenvalue weighted by Crippen LogP contribution is 2.23. The van der Waals surface area contributed by atoms with Gasteiger partial charge >= 0.3 is 0 Å². The molecule has 0 radical (unpaired) electrons. The number of ether oxygens (including phenoxy) is 2. The fraction of sp³-hybridized carbons (Fsp3) is 0.250. The predicted octanol–water partition coefficient (Wildman–Crippen LogP) is 3.13. The van der Waals surface area contributed by atoms with Gasteiger partial charge < -0.3 is 14.8 Å². The van der Waals surface area contributed by atoms with E-state index < -0.39 is 11.6 Å². The summed E-state index contributed by atoms with van der Waals surface area (Å²) in [6.45, 7) is 1.01. The second-order valence-electron chi connectivity index (χ2n) is 5.11. The number of pyridine rings is 1. The third kappa shape index (κ3) is 3.81. The zero-order valence-electron chi connectivity index (χ0n) is 12.1. The number of hydrogen-bond acceptors (Lipinski definition) is 4. The molecule has 5 nitrogen and oxygen atoms in total. The van der Waals surface area contributed by atoms with E-state index in [9.17, 15) is 13.6 Å². The Morgan fingerprint density at radius 1 is 1.22 bits per heavy atom. The number of nitrogens with zero attached hydrogens (tertiary/aromatic N) is 1. The smallest absolute Gasteiger partial charge is 0.231 e. The average Bonchev–Trinajstić information content (AvgIpc) is 3.07. The minimum Gasteiger partial charge on any atom is -0.456 e. The SMILES string of the molecule is O=C(Nc1ccc(Oc2ccc(F)c(F)c2)cn1)C1CCOC1. The molecule has 0 aliphatic carbocycles. The molecular weight excluding hydrogens is 306 g/mol. The summed E-state index contributed by atoms with van der Waals surface area (Å²) in [6, 6.07) is 6.40. The number of benzene rings is 1. The Bertz CT molecular complexity index is 701. The van der Waals surface area contributed by atoms with Gasteiger partial charge in [0.15, 0.2) is 11.6 Å². The van der Waals surface area contributed by atoms with E-state index in [2.05, 4.69) is 10.3 Å². The molecule has 1 atom stereocenters. The molecule has 1 aromatic carbocycles. The number of aromatic nitrogens is 1. The fourth-order valence-corrected chi connectivity index (χ4v) is 2.16. The van der Waals surface area contributed by atoms with E-state index in [1.807, 2.05) is 0 Å². The summed E-state index contributed by atoms with van der Waals surface area (Å²) in [6.07, 6.45) is 2.09. The molecule has 1 saturated heterocycles. The summed E-state index contributed by atoms with van der Waals surface area (Å²) in [5, 5.41) is 2.70. The van der Waals surface area contributed by atoms with Gasteiger partial charge in [0.05, 0.1) is 18.7 Å². The first kappa shape index (κ1) is 15.4. The van der Waals surface area contributed by atoms with Crippen molar-refractivity contribution in [1.82, 2.24) is 4.98 Å². The van der Waals surface area contributed by atoms with Crippen LogP contribution in [0.1, 0.15) is 6.42 Å². The molecule has 0 spiro atoms. The van der Waals surface area contributed by atoms with Crippen LogP contribution in [0.25, 0.3) is 0 Å². The number of rotatable bonds is 4. The maximum atomic E-state index is 13.1. The summed E-state index contributed by atoms with van der Waals surface area (Å²) in [5.74, 6) is -1.33. The quantitative estimate of drug-likeness (QED) is 0.940. The largest absolute Gasteiger partial charge is 0.456 e. The van der Waals surface area contributed by atoms with Crippen LogP contribution in [0.4, 0.5) is 14.6 Å². The topological polar surface area (TPSA) is 60.5 Å². The van der Waals surface area contributed by atoms with Crippen molar-refractivity contribution >= 4 is 11.7 Å². The lowest BCUT2D eigenvalue weighted by molar-refractivity contribution is -0.119. The van der Waals surface area contributed by atoms with E-state index in [-0.39, 0.29) is 17.6 Å². The van der Waals surface area contributed by atoms with Gasteiger partial charge in [0, 0.05) is 12.7 Å². The lowest BCUT2D eigenvalue weighted by atomic mass is 10.1. The van der Waals surface area contributed by atoms with Gasteiger partial charge in [-0.1, -0.05) is 0 Å². The molecule has 1 fully saturated rings. The van der Waals surface area contributed by atoms with Gasteiger partial charge in [0.2, 0.25) is 5.91 Å². The number of anilines is 1. The highest BCUT2D eigenvalue weighted by Gasteiger charge is 2.23. The molecule has 120 valence electrons. The Morgan fingerprint density at radius 3 is 2.70 bits per heavy atom. The van der Waals surface area contributed by atoms with Gasteiger partial charge in [-0.25, -0.2) is 13.8 Å². The van der Waals surface area contributed by atoms with E-state index in [0.29, 0.717) is 31.2 Å². The molecule has 1 aliphatic heterocycles. The van der Waals surface area contributed by atoms with Gasteiger partial charge in [0.25, 0.3) is 0 Å². The number of hydrogen-bond donors (Lipinski definition) is 1. The number of halogens is 2. The van der Waals surface area contributed by atoms with Crippen molar-refractivity contribution in [3.63, 3.8) is 0 Å². The van der Waals surface area contributed by atoms with E-state index in [1.54, 1.807) is 12.1 Å². The Morgan fingerprint density at radius 2 is 2.04 bits per heavy atom. The molecule has 1 aliphatic rings. The normalized spacial score (nSPS) is 17.0. The predicted molar refractivity (Wildman–Crippen MR) is 78.2 cm³/mol. The molecule has 0 bridgehead atoms. The maximum absolute atomic E-state index is 13.1. The van der Waals surface area contributed by atoms with Gasteiger partial charge in [-0.05, 0) is 30.7 Å². The van der Waals surface area contributed by atoms with E-state index in [4.69, 9.17) is 9.47 Å². The Labute approximate surface area is 131 Å². The van der Waals surface area contributed by atoms with E-state index >= 15 is 0 Å². The van der Waals surface area contributed by atoms with E-state index in [0.717, 1.165) is 12.1 Å².